The van der Waals surface area contributed by atoms with Crippen LogP contribution in [0.4, 0.5) is 10.5 Å². The zero-order valence-corrected chi connectivity index (χ0v) is 13.7. The van der Waals surface area contributed by atoms with Crippen LogP contribution < -0.4 is 10.2 Å². The minimum atomic E-state index is -0.193. The first kappa shape index (κ1) is 15.3. The Balaban J connectivity index is 1.85. The second-order valence-electron chi connectivity index (χ2n) is 6.73. The lowest BCUT2D eigenvalue weighted by Gasteiger charge is -2.30. The molecule has 0 saturated heterocycles. The third kappa shape index (κ3) is 3.27. The molecule has 1 aromatic rings. The van der Waals surface area contributed by atoms with Crippen molar-refractivity contribution in [3.8, 4) is 0 Å². The van der Waals surface area contributed by atoms with Crippen LogP contribution in [0.3, 0.4) is 0 Å². The predicted octanol–water partition coefficient (Wildman–Crippen LogP) is 2.92. The van der Waals surface area contributed by atoms with Gasteiger partial charge in [-0.2, -0.15) is 0 Å². The third-order valence-electron chi connectivity index (χ3n) is 4.42. The summed E-state index contributed by atoms with van der Waals surface area (Å²) < 4.78 is 5.44. The highest BCUT2D eigenvalue weighted by atomic mass is 16.6. The van der Waals surface area contributed by atoms with Crippen LogP contribution in [0.1, 0.15) is 37.0 Å². The number of hydrogen-bond acceptors (Lipinski definition) is 3. The number of rotatable bonds is 2. The molecule has 1 aromatic carbocycles. The van der Waals surface area contributed by atoms with Gasteiger partial charge < -0.3 is 10.1 Å². The van der Waals surface area contributed by atoms with Crippen molar-refractivity contribution in [3.05, 3.63) is 28.8 Å². The van der Waals surface area contributed by atoms with Gasteiger partial charge in [0, 0.05) is 6.54 Å². The van der Waals surface area contributed by atoms with Crippen LogP contribution in [0.2, 0.25) is 0 Å². The number of hydrogen-bond donors (Lipinski definition) is 1. The largest absolute Gasteiger partial charge is 0.449 e. The maximum absolute atomic E-state index is 12.4. The predicted molar refractivity (Wildman–Crippen MR) is 88.6 cm³/mol. The Morgan fingerprint density at radius 2 is 1.91 bits per heavy atom. The van der Waals surface area contributed by atoms with E-state index in [1.165, 1.54) is 16.7 Å². The summed E-state index contributed by atoms with van der Waals surface area (Å²) >= 11 is 0. The van der Waals surface area contributed by atoms with Gasteiger partial charge in [0.25, 0.3) is 0 Å². The quantitative estimate of drug-likeness (QED) is 0.913. The van der Waals surface area contributed by atoms with Crippen LogP contribution in [0.25, 0.3) is 0 Å². The number of ether oxygens (including phenoxy) is 1. The molecule has 2 heterocycles. The average Bonchev–Trinajstić information content (AvgIpc) is 2.74. The topological polar surface area (TPSA) is 41.6 Å². The fourth-order valence-electron chi connectivity index (χ4n) is 3.27. The molecule has 2 aliphatic heterocycles. The number of aryl methyl sites for hydroxylation is 1. The van der Waals surface area contributed by atoms with Gasteiger partial charge in [-0.05, 0) is 67.4 Å². The summed E-state index contributed by atoms with van der Waals surface area (Å²) in [6.07, 6.45) is 4.00. The van der Waals surface area contributed by atoms with Crippen molar-refractivity contribution in [3.63, 3.8) is 0 Å². The van der Waals surface area contributed by atoms with E-state index in [4.69, 9.17) is 4.74 Å². The fraction of sp³-hybridized carbons (Fsp3) is 0.611. The molecular weight excluding hydrogens is 276 g/mol. The molecule has 0 aromatic heterocycles. The van der Waals surface area contributed by atoms with Gasteiger partial charge in [-0.3, -0.25) is 4.90 Å². The van der Waals surface area contributed by atoms with Crippen LogP contribution in [-0.2, 0) is 24.0 Å². The molecular formula is C18H26N2O2. The van der Waals surface area contributed by atoms with E-state index >= 15 is 0 Å². The number of nitrogens with one attached hydrogen (secondary N) is 1. The Kier molecular flexibility index (Phi) is 4.67. The maximum atomic E-state index is 12.4. The van der Waals surface area contributed by atoms with E-state index in [0.29, 0.717) is 12.5 Å². The zero-order chi connectivity index (χ0) is 15.5. The van der Waals surface area contributed by atoms with Crippen LogP contribution in [0, 0.1) is 5.92 Å². The highest BCUT2D eigenvalue weighted by molar-refractivity contribution is 5.89. The molecule has 1 N–H and O–H groups in total. The number of carbonyl (C=O) groups excluding carboxylic acids is 1. The molecule has 3 rings (SSSR count). The summed E-state index contributed by atoms with van der Waals surface area (Å²) in [7, 11) is 0. The molecule has 120 valence electrons. The maximum Gasteiger partial charge on any atom is 0.414 e. The highest BCUT2D eigenvalue weighted by Crippen LogP contribution is 2.31. The molecule has 0 bridgehead atoms. The fourth-order valence-corrected chi connectivity index (χ4v) is 3.27. The van der Waals surface area contributed by atoms with Crippen molar-refractivity contribution in [1.82, 2.24) is 5.32 Å². The standard InChI is InChI=1S/C18H26N2O2/c1-13(2)12-22-18(21)20-9-3-4-16-10-14-5-7-19-8-6-15(14)11-17(16)20/h10-11,13,19H,3-9,12H2,1-2H3. The van der Waals surface area contributed by atoms with Gasteiger partial charge in [0.05, 0.1) is 12.3 Å². The molecule has 0 radical (unpaired) electrons. The zero-order valence-electron chi connectivity index (χ0n) is 13.7. The third-order valence-corrected chi connectivity index (χ3v) is 4.42. The van der Waals surface area contributed by atoms with Gasteiger partial charge in [0.2, 0.25) is 0 Å². The molecule has 4 nitrogen and oxygen atoms in total. The Labute approximate surface area is 132 Å². The SMILES string of the molecule is CC(C)COC(=O)N1CCCc2cc3c(cc21)CCNCC3. The number of anilines is 1. The summed E-state index contributed by atoms with van der Waals surface area (Å²) in [4.78, 5) is 14.2. The van der Waals surface area contributed by atoms with E-state index < -0.39 is 0 Å². The molecule has 0 unspecified atom stereocenters. The lowest BCUT2D eigenvalue weighted by molar-refractivity contribution is 0.139. The van der Waals surface area contributed by atoms with Crippen molar-refractivity contribution in [2.75, 3.05) is 31.1 Å². The molecule has 22 heavy (non-hydrogen) atoms. The molecule has 0 fully saturated rings. The van der Waals surface area contributed by atoms with Crippen LogP contribution in [0.15, 0.2) is 12.1 Å². The lowest BCUT2D eigenvalue weighted by Crippen LogP contribution is -2.36. The van der Waals surface area contributed by atoms with E-state index in [2.05, 4.69) is 31.3 Å². The van der Waals surface area contributed by atoms with Gasteiger partial charge in [0.1, 0.15) is 0 Å². The number of nitrogens with zero attached hydrogens (tertiary/aromatic N) is 1. The molecule has 0 saturated carbocycles. The Morgan fingerprint density at radius 1 is 1.18 bits per heavy atom. The summed E-state index contributed by atoms with van der Waals surface area (Å²) in [5, 5.41) is 3.45. The van der Waals surface area contributed by atoms with Gasteiger partial charge in [0.15, 0.2) is 0 Å². The van der Waals surface area contributed by atoms with E-state index in [1.807, 2.05) is 4.90 Å². The van der Waals surface area contributed by atoms with E-state index in [-0.39, 0.29) is 6.09 Å². The Bertz CT molecular complexity index is 554. The molecule has 0 atom stereocenters. The average molecular weight is 302 g/mol. The smallest absolute Gasteiger partial charge is 0.414 e. The van der Waals surface area contributed by atoms with Crippen molar-refractivity contribution in [2.45, 2.75) is 39.5 Å². The highest BCUT2D eigenvalue weighted by Gasteiger charge is 2.25. The molecule has 1 amide bonds. The van der Waals surface area contributed by atoms with Gasteiger partial charge in [-0.25, -0.2) is 4.79 Å². The Hall–Kier alpha value is -1.55. The van der Waals surface area contributed by atoms with Crippen molar-refractivity contribution in [1.29, 1.82) is 0 Å². The molecule has 0 aliphatic carbocycles. The normalized spacial score (nSPS) is 17.7. The van der Waals surface area contributed by atoms with E-state index in [1.54, 1.807) is 0 Å². The lowest BCUT2D eigenvalue weighted by atomic mass is 9.93. The van der Waals surface area contributed by atoms with Crippen LogP contribution in [0.5, 0.6) is 0 Å². The van der Waals surface area contributed by atoms with Gasteiger partial charge in [-0.1, -0.05) is 19.9 Å². The first-order chi connectivity index (χ1) is 10.6. The van der Waals surface area contributed by atoms with Crippen molar-refractivity contribution in [2.24, 2.45) is 5.92 Å². The summed E-state index contributed by atoms with van der Waals surface area (Å²) in [6, 6.07) is 4.55. The second-order valence-corrected chi connectivity index (χ2v) is 6.73. The minimum absolute atomic E-state index is 0.193. The van der Waals surface area contributed by atoms with Crippen molar-refractivity contribution >= 4 is 11.8 Å². The summed E-state index contributed by atoms with van der Waals surface area (Å²) in [5.41, 5.74) is 5.20. The molecule has 0 spiro atoms. The number of benzene rings is 1. The summed E-state index contributed by atoms with van der Waals surface area (Å²) in [5.74, 6) is 0.367. The van der Waals surface area contributed by atoms with Gasteiger partial charge >= 0.3 is 6.09 Å². The molecule has 4 heteroatoms. The first-order valence-electron chi connectivity index (χ1n) is 8.45. The van der Waals surface area contributed by atoms with Crippen molar-refractivity contribution < 1.29 is 9.53 Å². The number of carbonyl (C=O) groups is 1. The number of fused-ring (bicyclic) bond motifs is 2. The summed E-state index contributed by atoms with van der Waals surface area (Å²) in [6.45, 7) is 7.44. The second kappa shape index (κ2) is 6.69. The van der Waals surface area contributed by atoms with Gasteiger partial charge in [-0.15, -0.1) is 0 Å². The van der Waals surface area contributed by atoms with Crippen LogP contribution >= 0.6 is 0 Å². The van der Waals surface area contributed by atoms with E-state index in [9.17, 15) is 4.79 Å². The van der Waals surface area contributed by atoms with Crippen LogP contribution in [-0.4, -0.2) is 32.3 Å². The minimum Gasteiger partial charge on any atom is -0.449 e. The van der Waals surface area contributed by atoms with E-state index in [0.717, 1.165) is 51.0 Å². The first-order valence-corrected chi connectivity index (χ1v) is 8.45. The molecule has 2 aliphatic rings. The monoisotopic (exact) mass is 302 g/mol. The Morgan fingerprint density at radius 3 is 2.64 bits per heavy atom. The number of amides is 1.